The van der Waals surface area contributed by atoms with E-state index in [1.807, 2.05) is 42.5 Å². The van der Waals surface area contributed by atoms with E-state index in [1.54, 1.807) is 18.7 Å². The fraction of sp³-hybridized carbons (Fsp3) is 0.227. The molecule has 1 aliphatic rings. The Morgan fingerprint density at radius 2 is 2.00 bits per heavy atom. The molecule has 0 unspecified atom stereocenters. The largest absolute Gasteiger partial charge is 0.493 e. The number of hydrogen-bond acceptors (Lipinski definition) is 7. The van der Waals surface area contributed by atoms with Crippen molar-refractivity contribution >= 4 is 27.8 Å². The molecule has 0 saturated carbocycles. The molecule has 31 heavy (non-hydrogen) atoms. The van der Waals surface area contributed by atoms with Crippen molar-refractivity contribution in [3.63, 3.8) is 0 Å². The van der Waals surface area contributed by atoms with Gasteiger partial charge in [-0.05, 0) is 46.1 Å². The second-order valence-electron chi connectivity index (χ2n) is 6.89. The Hall–Kier alpha value is -3.33. The van der Waals surface area contributed by atoms with Gasteiger partial charge in [0.05, 0.1) is 24.3 Å². The van der Waals surface area contributed by atoms with Crippen LogP contribution in [0.1, 0.15) is 24.1 Å². The lowest BCUT2D eigenvalue weighted by Gasteiger charge is -2.28. The number of aromatic nitrogens is 3. The molecule has 2 aromatic carbocycles. The van der Waals surface area contributed by atoms with Crippen molar-refractivity contribution in [3.05, 3.63) is 75.7 Å². The van der Waals surface area contributed by atoms with E-state index in [2.05, 4.69) is 31.3 Å². The van der Waals surface area contributed by atoms with E-state index >= 15 is 0 Å². The van der Waals surface area contributed by atoms with Crippen LogP contribution in [0.4, 0.5) is 5.95 Å². The van der Waals surface area contributed by atoms with Crippen LogP contribution in [0.2, 0.25) is 0 Å². The van der Waals surface area contributed by atoms with Gasteiger partial charge in [0.2, 0.25) is 5.95 Å². The van der Waals surface area contributed by atoms with Gasteiger partial charge in [0, 0.05) is 5.70 Å². The number of carbonyl (C=O) groups is 1. The molecule has 2 heterocycles. The van der Waals surface area contributed by atoms with Crippen LogP contribution < -0.4 is 14.8 Å². The van der Waals surface area contributed by atoms with Crippen molar-refractivity contribution in [2.75, 3.05) is 19.5 Å². The molecule has 1 aliphatic heterocycles. The smallest absolute Gasteiger partial charge is 0.338 e. The number of allylic oxidation sites excluding steroid dienone is 1. The first-order valence-corrected chi connectivity index (χ1v) is 10.3. The van der Waals surface area contributed by atoms with E-state index in [-0.39, 0.29) is 0 Å². The summed E-state index contributed by atoms with van der Waals surface area (Å²) in [6.45, 7) is 2.20. The van der Waals surface area contributed by atoms with E-state index in [4.69, 9.17) is 14.2 Å². The van der Waals surface area contributed by atoms with E-state index in [0.29, 0.717) is 39.8 Å². The van der Waals surface area contributed by atoms with Crippen LogP contribution in [0.5, 0.6) is 11.5 Å². The normalized spacial score (nSPS) is 15.2. The van der Waals surface area contributed by atoms with Gasteiger partial charge >= 0.3 is 5.97 Å². The molecule has 0 amide bonds. The van der Waals surface area contributed by atoms with Crippen molar-refractivity contribution in [1.82, 2.24) is 14.8 Å². The number of fused-ring (bicyclic) bond motifs is 1. The summed E-state index contributed by atoms with van der Waals surface area (Å²) in [5.74, 6) is 1.19. The lowest BCUT2D eigenvalue weighted by Crippen LogP contribution is -2.29. The SMILES string of the molecule is COC(=O)C1=C(C)Nc2ncnn2[C@@H]1c1cc(Br)c(OCc2ccccc2)c(OC)c1. The summed E-state index contributed by atoms with van der Waals surface area (Å²) in [5.41, 5.74) is 2.89. The van der Waals surface area contributed by atoms with E-state index < -0.39 is 12.0 Å². The third-order valence-corrected chi connectivity index (χ3v) is 5.58. The number of benzene rings is 2. The number of ether oxygens (including phenoxy) is 3. The Balaban J connectivity index is 1.75. The Morgan fingerprint density at radius 1 is 1.23 bits per heavy atom. The molecule has 0 radical (unpaired) electrons. The molecule has 0 fully saturated rings. The van der Waals surface area contributed by atoms with E-state index in [9.17, 15) is 4.79 Å². The Bertz CT molecular complexity index is 1140. The third-order valence-electron chi connectivity index (χ3n) is 4.99. The monoisotopic (exact) mass is 484 g/mol. The van der Waals surface area contributed by atoms with E-state index in [1.165, 1.54) is 13.4 Å². The highest BCUT2D eigenvalue weighted by atomic mass is 79.9. The number of esters is 1. The molecular formula is C22H21BrN4O4. The van der Waals surface area contributed by atoms with Gasteiger partial charge in [-0.15, -0.1) is 0 Å². The predicted molar refractivity (Wildman–Crippen MR) is 118 cm³/mol. The first-order valence-electron chi connectivity index (χ1n) is 9.53. The zero-order valence-electron chi connectivity index (χ0n) is 17.3. The maximum atomic E-state index is 12.6. The minimum atomic E-state index is -0.542. The lowest BCUT2D eigenvalue weighted by molar-refractivity contribution is -0.136. The summed E-state index contributed by atoms with van der Waals surface area (Å²) < 4.78 is 19.0. The molecule has 0 saturated heterocycles. The zero-order valence-corrected chi connectivity index (χ0v) is 18.8. The quantitative estimate of drug-likeness (QED) is 0.527. The van der Waals surface area contributed by atoms with Crippen molar-refractivity contribution in [2.24, 2.45) is 0 Å². The number of carbonyl (C=O) groups excluding carboxylic acids is 1. The number of nitrogens with zero attached hydrogens (tertiary/aromatic N) is 3. The lowest BCUT2D eigenvalue weighted by atomic mass is 9.95. The Labute approximate surface area is 188 Å². The molecule has 3 aromatic rings. The molecule has 0 aliphatic carbocycles. The minimum absolute atomic E-state index is 0.391. The van der Waals surface area contributed by atoms with Gasteiger partial charge in [0.15, 0.2) is 11.5 Å². The highest BCUT2D eigenvalue weighted by Gasteiger charge is 2.35. The van der Waals surface area contributed by atoms with Gasteiger partial charge in [-0.3, -0.25) is 0 Å². The average molecular weight is 485 g/mol. The maximum absolute atomic E-state index is 12.6. The van der Waals surface area contributed by atoms with Gasteiger partial charge in [-0.25, -0.2) is 9.48 Å². The molecule has 9 heteroatoms. The molecule has 1 atom stereocenters. The summed E-state index contributed by atoms with van der Waals surface area (Å²) in [7, 11) is 2.93. The highest BCUT2D eigenvalue weighted by Crippen LogP contribution is 2.42. The number of nitrogens with one attached hydrogen (secondary N) is 1. The topological polar surface area (TPSA) is 87.5 Å². The minimum Gasteiger partial charge on any atom is -0.493 e. The first kappa shape index (κ1) is 20.9. The average Bonchev–Trinajstić information content (AvgIpc) is 3.25. The van der Waals surface area contributed by atoms with Gasteiger partial charge in [0.1, 0.15) is 19.0 Å². The number of halogens is 1. The molecule has 0 bridgehead atoms. The van der Waals surface area contributed by atoms with Crippen molar-refractivity contribution in [1.29, 1.82) is 0 Å². The second-order valence-corrected chi connectivity index (χ2v) is 7.75. The van der Waals surface area contributed by atoms with E-state index in [0.717, 1.165) is 11.1 Å². The standard InChI is InChI=1S/C22H21BrN4O4/c1-13-18(21(28)30-3)19(27-22(26-13)24-12-25-27)15-9-16(23)20(17(10-15)29-2)31-11-14-7-5-4-6-8-14/h4-10,12,19H,11H2,1-3H3,(H,24,25,26)/t19-/m1/s1. The zero-order chi connectivity index (χ0) is 22.0. The number of methoxy groups -OCH3 is 2. The summed E-state index contributed by atoms with van der Waals surface area (Å²) in [6, 6.07) is 13.1. The van der Waals surface area contributed by atoms with Crippen LogP contribution in [0, 0.1) is 0 Å². The van der Waals surface area contributed by atoms with Crippen LogP contribution >= 0.6 is 15.9 Å². The molecule has 1 N–H and O–H groups in total. The maximum Gasteiger partial charge on any atom is 0.338 e. The van der Waals surface area contributed by atoms with Crippen LogP contribution in [0.15, 0.2) is 64.5 Å². The summed E-state index contributed by atoms with van der Waals surface area (Å²) in [4.78, 5) is 16.8. The summed E-state index contributed by atoms with van der Waals surface area (Å²) in [5, 5.41) is 7.41. The third kappa shape index (κ3) is 4.00. The van der Waals surface area contributed by atoms with Crippen LogP contribution in [0.3, 0.4) is 0 Å². The molecule has 1 aromatic heterocycles. The van der Waals surface area contributed by atoms with Crippen LogP contribution in [-0.4, -0.2) is 35.0 Å². The molecule has 160 valence electrons. The van der Waals surface area contributed by atoms with Gasteiger partial charge in [-0.2, -0.15) is 10.1 Å². The Morgan fingerprint density at radius 3 is 2.71 bits per heavy atom. The number of hydrogen-bond donors (Lipinski definition) is 1. The molecule has 4 rings (SSSR count). The van der Waals surface area contributed by atoms with Crippen molar-refractivity contribution < 1.29 is 19.0 Å². The first-order chi connectivity index (χ1) is 15.0. The molecule has 0 spiro atoms. The predicted octanol–water partition coefficient (Wildman–Crippen LogP) is 4.09. The Kier molecular flexibility index (Phi) is 5.94. The van der Waals surface area contributed by atoms with Crippen LogP contribution in [0.25, 0.3) is 0 Å². The van der Waals surface area contributed by atoms with Gasteiger partial charge < -0.3 is 19.5 Å². The highest BCUT2D eigenvalue weighted by molar-refractivity contribution is 9.10. The van der Waals surface area contributed by atoms with Crippen molar-refractivity contribution in [2.45, 2.75) is 19.6 Å². The number of rotatable bonds is 6. The van der Waals surface area contributed by atoms with Gasteiger partial charge in [-0.1, -0.05) is 30.3 Å². The van der Waals surface area contributed by atoms with Crippen LogP contribution in [-0.2, 0) is 16.1 Å². The fourth-order valence-corrected chi connectivity index (χ4v) is 4.12. The summed E-state index contributed by atoms with van der Waals surface area (Å²) >= 11 is 3.60. The fourth-order valence-electron chi connectivity index (χ4n) is 3.54. The van der Waals surface area contributed by atoms with Crippen molar-refractivity contribution in [3.8, 4) is 11.5 Å². The second kappa shape index (κ2) is 8.81. The summed E-state index contributed by atoms with van der Waals surface area (Å²) in [6.07, 6.45) is 1.44. The van der Waals surface area contributed by atoms with Gasteiger partial charge in [0.25, 0.3) is 0 Å². The number of anilines is 1. The molecule has 8 nitrogen and oxygen atoms in total. The molecular weight excluding hydrogens is 464 g/mol.